The van der Waals surface area contributed by atoms with Gasteiger partial charge in [-0.3, -0.25) is 0 Å². The van der Waals surface area contributed by atoms with E-state index >= 15 is 0 Å². The summed E-state index contributed by atoms with van der Waals surface area (Å²) in [6.45, 7) is 0. The van der Waals surface area contributed by atoms with E-state index in [4.69, 9.17) is 86.9 Å². The molecule has 0 amide bonds. The molecule has 1 aliphatic carbocycles. The zero-order valence-corrected chi connectivity index (χ0v) is 18.2. The summed E-state index contributed by atoms with van der Waals surface area (Å²) in [6, 6.07) is 0.299. The van der Waals surface area contributed by atoms with Gasteiger partial charge in [0.25, 0.3) is 0 Å². The van der Waals surface area contributed by atoms with Crippen molar-refractivity contribution in [1.29, 1.82) is 0 Å². The molecule has 0 aromatic heterocycles. The smallest absolute Gasteiger partial charge is 0.0710 e. The molecule has 1 rings (SSSR count). The Morgan fingerprint density at radius 3 is 1.04 bits per heavy atom. The van der Waals surface area contributed by atoms with Crippen LogP contribution in [-0.2, 0) is 26.1 Å². The predicted octanol–water partition coefficient (Wildman–Crippen LogP) is 5.53. The summed E-state index contributed by atoms with van der Waals surface area (Å²) in [5.74, 6) is -2.42. The van der Waals surface area contributed by atoms with Crippen LogP contribution in [0.25, 0.3) is 11.5 Å². The van der Waals surface area contributed by atoms with Crippen LogP contribution in [0.15, 0.2) is 0 Å². The van der Waals surface area contributed by atoms with E-state index in [1.807, 2.05) is 0 Å². The second-order valence-electron chi connectivity index (χ2n) is 3.87. The molecule has 6 nitrogen and oxygen atoms in total. The maximum Gasteiger partial charge on any atom is -0.0710 e. The van der Waals surface area contributed by atoms with Gasteiger partial charge in [0.15, 0.2) is 0 Å². The number of carboxylic acid groups (broad SMARTS) is 2. The van der Waals surface area contributed by atoms with Crippen molar-refractivity contribution in [3.05, 3.63) is 11.5 Å². The van der Waals surface area contributed by atoms with Gasteiger partial charge in [-0.2, -0.15) is 0 Å². The Balaban J connectivity index is -0.000000244. The number of carbonyl (C=O) groups is 2. The van der Waals surface area contributed by atoms with E-state index in [-0.39, 0.29) is 12.1 Å². The third-order valence-electron chi connectivity index (χ3n) is 2.10. The molecule has 0 aromatic carbocycles. The first-order valence-electron chi connectivity index (χ1n) is 5.76. The fourth-order valence-corrected chi connectivity index (χ4v) is 1.09. The van der Waals surface area contributed by atoms with Gasteiger partial charge in [0.05, 0.1) is 0 Å². The zero-order chi connectivity index (χ0) is 19.0. The van der Waals surface area contributed by atoms with Crippen LogP contribution in [0.5, 0.6) is 0 Å². The van der Waals surface area contributed by atoms with Crippen LogP contribution in [0.1, 0.15) is 25.7 Å². The molecule has 1 aliphatic rings. The molecule has 0 radical (unpaired) electrons. The van der Waals surface area contributed by atoms with Crippen LogP contribution in [0.3, 0.4) is 0 Å². The second-order valence-corrected chi connectivity index (χ2v) is 9.35. The summed E-state index contributed by atoms with van der Waals surface area (Å²) < 4.78 is 0. The molecule has 0 saturated heterocycles. The maximum absolute atomic E-state index is 9.44. The summed E-state index contributed by atoms with van der Waals surface area (Å²) in [5.41, 5.74) is 14.6. The van der Waals surface area contributed by atoms with E-state index in [2.05, 4.69) is 0 Å². The van der Waals surface area contributed by atoms with Crippen LogP contribution in [0, 0.1) is 0 Å². The molecule has 0 aromatic rings. The molecule has 1 fully saturated rings. The standard InChI is InChI=1S/C6H12N2.2C2H2Cl2O2.2ClH.Pt/c7-5-1-2-6(8)4-3-5;2*3-1(4)2(5)6;;;/h5-8H,1-4H2;2*1H,(H,5,6);2*1H;/q-2;;;;;+4/p-2. The molecule has 0 atom stereocenters. The monoisotopic (exact) mass is 633 g/mol. The van der Waals surface area contributed by atoms with E-state index in [1.165, 1.54) is 0 Å². The van der Waals surface area contributed by atoms with Crippen LogP contribution < -0.4 is 0 Å². The molecule has 0 spiro atoms. The van der Waals surface area contributed by atoms with Gasteiger partial charge in [-0.25, -0.2) is 9.59 Å². The van der Waals surface area contributed by atoms with E-state index in [0.29, 0.717) is 0 Å². The zero-order valence-electron chi connectivity index (χ0n) is 11.4. The number of carboxylic acids is 2. The molecule has 0 unspecified atom stereocenters. The first-order chi connectivity index (χ1) is 10.5. The first-order valence-corrected chi connectivity index (χ1v) is 13.1. The van der Waals surface area contributed by atoms with E-state index in [1.54, 1.807) is 0 Å². The minimum absolute atomic E-state index is 0.150. The van der Waals surface area contributed by atoms with Crippen LogP contribution in [0.2, 0.25) is 0 Å². The van der Waals surface area contributed by atoms with Crippen molar-refractivity contribution in [3.8, 4) is 0 Å². The number of alkyl halides is 4. The fraction of sp³-hybridized carbons (Fsp3) is 0.800. The number of aliphatic carboxylic acids is 2. The number of hydrogen-bond acceptors (Lipinski definition) is 2. The summed E-state index contributed by atoms with van der Waals surface area (Å²) in [6.07, 6.45) is 3.81. The number of rotatable bonds is 2. The predicted molar refractivity (Wildman–Crippen MR) is 92.7 cm³/mol. The Morgan fingerprint density at radius 1 is 0.826 bits per heavy atom. The summed E-state index contributed by atoms with van der Waals surface area (Å²) in [7, 11) is 9.75. The topological polar surface area (TPSA) is 122 Å². The van der Waals surface area contributed by atoms with Crippen molar-refractivity contribution in [2.75, 3.05) is 0 Å². The summed E-state index contributed by atoms with van der Waals surface area (Å²) in [4.78, 5) is 16.3. The third kappa shape index (κ3) is 28.4. The molecular weight excluding hydrogens is 620 g/mol. The van der Waals surface area contributed by atoms with Gasteiger partial charge in [-0.15, -0.1) is 12.1 Å². The van der Waals surface area contributed by atoms with Crippen molar-refractivity contribution in [3.63, 3.8) is 0 Å². The Hall–Kier alpha value is 1.29. The van der Waals surface area contributed by atoms with E-state index in [9.17, 15) is 9.59 Å². The molecule has 4 N–H and O–H groups in total. The minimum atomic E-state index is -1.29. The molecule has 0 heterocycles. The van der Waals surface area contributed by atoms with Gasteiger partial charge >= 0.3 is 47.3 Å². The maximum atomic E-state index is 9.44. The molecule has 23 heavy (non-hydrogen) atoms. The van der Waals surface area contributed by atoms with Crippen molar-refractivity contribution >= 4 is 77.2 Å². The quantitative estimate of drug-likeness (QED) is 0.388. The van der Waals surface area contributed by atoms with Gasteiger partial charge in [0.2, 0.25) is 9.67 Å². The molecule has 13 heteroatoms. The largest absolute Gasteiger partial charge is 0.675 e. The second kappa shape index (κ2) is 19.6. The van der Waals surface area contributed by atoms with Gasteiger partial charge in [-0.05, 0) is 0 Å². The molecule has 1 saturated carbocycles. The first kappa shape index (κ1) is 29.1. The molecule has 142 valence electrons. The molecule has 0 aliphatic heterocycles. The van der Waals surface area contributed by atoms with Gasteiger partial charge in [0, 0.05) is 0 Å². The Labute approximate surface area is 171 Å². The van der Waals surface area contributed by atoms with Crippen molar-refractivity contribution in [2.24, 2.45) is 0 Å². The molecular formula is C10H16Cl6N2O4Pt. The third-order valence-corrected chi connectivity index (χ3v) is 2.85. The number of halogens is 6. The van der Waals surface area contributed by atoms with Crippen LogP contribution in [-0.4, -0.2) is 43.9 Å². The Kier molecular flexibility index (Phi) is 24.8. The van der Waals surface area contributed by atoms with Crippen molar-refractivity contribution < 1.29 is 36.3 Å². The van der Waals surface area contributed by atoms with E-state index in [0.717, 1.165) is 25.7 Å². The summed E-state index contributed by atoms with van der Waals surface area (Å²) in [5, 5.41) is 15.5. The number of hydrogen-bond donors (Lipinski definition) is 2. The Morgan fingerprint density at radius 2 is 0.957 bits per heavy atom. The normalized spacial score (nSPS) is 19.6. The van der Waals surface area contributed by atoms with Gasteiger partial charge < -0.3 is 21.7 Å². The van der Waals surface area contributed by atoms with Crippen molar-refractivity contribution in [2.45, 2.75) is 47.4 Å². The van der Waals surface area contributed by atoms with Gasteiger partial charge in [-0.1, -0.05) is 72.1 Å². The average molecular weight is 636 g/mol. The fourth-order valence-electron chi connectivity index (χ4n) is 1.09. The Bertz CT molecular complexity index is 279. The molecule has 0 bridgehead atoms. The van der Waals surface area contributed by atoms with Gasteiger partial charge in [0.1, 0.15) is 0 Å². The average Bonchev–Trinajstić information content (AvgIpc) is 2.44. The van der Waals surface area contributed by atoms with Crippen molar-refractivity contribution in [1.82, 2.24) is 0 Å². The minimum Gasteiger partial charge on any atom is -0.675 e. The summed E-state index contributed by atoms with van der Waals surface area (Å²) >= 11 is 18.6. The van der Waals surface area contributed by atoms with Crippen LogP contribution in [0.4, 0.5) is 0 Å². The van der Waals surface area contributed by atoms with Crippen LogP contribution >= 0.6 is 65.2 Å². The number of nitrogens with one attached hydrogen (secondary N) is 2. The van der Waals surface area contributed by atoms with E-state index < -0.39 is 38.1 Å². The SMILES string of the molecule is O=C(O)C(Cl)Cl.O=C(O)C(Cl)Cl.[Cl][Pt+2][Cl].[NH-]C1CCC([NH-])CC1.